The van der Waals surface area contributed by atoms with Gasteiger partial charge >= 0.3 is 0 Å². The average molecular weight is 220 g/mol. The number of nitrogen functional groups attached to an aromatic ring is 1. The second-order valence-electron chi connectivity index (χ2n) is 3.43. The van der Waals surface area contributed by atoms with Crippen LogP contribution >= 0.6 is 0 Å². The lowest BCUT2D eigenvalue weighted by Crippen LogP contribution is -1.97. The van der Waals surface area contributed by atoms with Crippen molar-refractivity contribution >= 4 is 27.4 Å². The molecule has 2 aromatic rings. The Bertz CT molecular complexity index is 525. The number of anilines is 1. The van der Waals surface area contributed by atoms with Gasteiger partial charge in [0.25, 0.3) is 0 Å². The maximum atomic E-state index is 11.2. The molecule has 0 radical (unpaired) electrons. The van der Waals surface area contributed by atoms with Crippen molar-refractivity contribution in [2.45, 2.75) is 5.75 Å². The summed E-state index contributed by atoms with van der Waals surface area (Å²) < 4.78 is 11.2. The monoisotopic (exact) mass is 220 g/mol. The van der Waals surface area contributed by atoms with Gasteiger partial charge in [0.1, 0.15) is 0 Å². The summed E-state index contributed by atoms with van der Waals surface area (Å²) in [7, 11) is -0.860. The summed E-state index contributed by atoms with van der Waals surface area (Å²) in [5.74, 6) is 0.522. The lowest BCUT2D eigenvalue weighted by atomic mass is 10.1. The topological polar surface area (TPSA) is 56.0 Å². The first kappa shape index (κ1) is 10.1. The van der Waals surface area contributed by atoms with Crippen LogP contribution in [0.3, 0.4) is 0 Å². The Labute approximate surface area is 90.8 Å². The molecule has 1 atom stereocenters. The normalized spacial score (nSPS) is 12.9. The molecular formula is C11H12N2OS. The first-order valence-corrected chi connectivity index (χ1v) is 6.33. The lowest BCUT2D eigenvalue weighted by molar-refractivity contribution is 0.686. The van der Waals surface area contributed by atoms with Gasteiger partial charge in [0.05, 0.1) is 11.3 Å². The minimum atomic E-state index is -0.860. The van der Waals surface area contributed by atoms with Crippen LogP contribution in [0.5, 0.6) is 0 Å². The summed E-state index contributed by atoms with van der Waals surface area (Å²) in [4.78, 5) is 4.28. The van der Waals surface area contributed by atoms with Gasteiger partial charge in [0.2, 0.25) is 0 Å². The smallest absolute Gasteiger partial charge is 0.0763 e. The lowest BCUT2D eigenvalue weighted by Gasteiger charge is -2.06. The third-order valence-corrected chi connectivity index (χ3v) is 2.96. The highest BCUT2D eigenvalue weighted by atomic mass is 32.2. The number of nitrogens with zero attached hydrogens (tertiary/aromatic N) is 1. The van der Waals surface area contributed by atoms with Gasteiger partial charge in [-0.1, -0.05) is 6.07 Å². The number of hydrogen-bond acceptors (Lipinski definition) is 3. The van der Waals surface area contributed by atoms with Crippen LogP contribution in [0.4, 0.5) is 5.69 Å². The van der Waals surface area contributed by atoms with Crippen molar-refractivity contribution in [2.24, 2.45) is 0 Å². The maximum Gasteiger partial charge on any atom is 0.0763 e. The van der Waals surface area contributed by atoms with E-state index in [1.54, 1.807) is 12.5 Å². The number of hydrogen-bond donors (Lipinski definition) is 1. The van der Waals surface area contributed by atoms with E-state index in [9.17, 15) is 4.21 Å². The zero-order valence-corrected chi connectivity index (χ0v) is 9.25. The highest BCUT2D eigenvalue weighted by molar-refractivity contribution is 7.83. The van der Waals surface area contributed by atoms with Gasteiger partial charge in [-0.15, -0.1) is 0 Å². The van der Waals surface area contributed by atoms with Gasteiger partial charge in [-0.3, -0.25) is 9.19 Å². The van der Waals surface area contributed by atoms with E-state index in [1.165, 1.54) is 0 Å². The Morgan fingerprint density at radius 1 is 1.40 bits per heavy atom. The predicted molar refractivity (Wildman–Crippen MR) is 63.9 cm³/mol. The van der Waals surface area contributed by atoms with E-state index in [2.05, 4.69) is 4.98 Å². The van der Waals surface area contributed by atoms with Crippen LogP contribution in [0.15, 0.2) is 30.5 Å². The number of pyridine rings is 1. The molecule has 0 fully saturated rings. The molecule has 1 unspecified atom stereocenters. The van der Waals surface area contributed by atoms with E-state index in [-0.39, 0.29) is 0 Å². The quantitative estimate of drug-likeness (QED) is 0.784. The Morgan fingerprint density at radius 3 is 2.93 bits per heavy atom. The molecule has 3 nitrogen and oxygen atoms in total. The first-order valence-electron chi connectivity index (χ1n) is 4.60. The van der Waals surface area contributed by atoms with Crippen LogP contribution in [0, 0.1) is 0 Å². The molecule has 2 rings (SSSR count). The number of benzene rings is 1. The fourth-order valence-electron chi connectivity index (χ4n) is 1.59. The number of aromatic nitrogens is 1. The number of fused-ring (bicyclic) bond motifs is 1. The molecular weight excluding hydrogens is 208 g/mol. The van der Waals surface area contributed by atoms with Gasteiger partial charge < -0.3 is 5.73 Å². The summed E-state index contributed by atoms with van der Waals surface area (Å²) in [5.41, 5.74) is 8.39. The van der Waals surface area contributed by atoms with Crippen LogP contribution in [0.2, 0.25) is 0 Å². The van der Waals surface area contributed by atoms with Crippen LogP contribution in [0.1, 0.15) is 5.56 Å². The van der Waals surface area contributed by atoms with Crippen LogP contribution in [-0.2, 0) is 16.6 Å². The number of rotatable bonds is 2. The molecule has 0 saturated heterocycles. The van der Waals surface area contributed by atoms with Gasteiger partial charge in [-0.05, 0) is 23.8 Å². The van der Waals surface area contributed by atoms with Gasteiger partial charge in [0.15, 0.2) is 0 Å². The fourth-order valence-corrected chi connectivity index (χ4v) is 2.26. The number of nitrogens with two attached hydrogens (primary N) is 1. The van der Waals surface area contributed by atoms with Crippen LogP contribution in [0.25, 0.3) is 10.9 Å². The fraction of sp³-hybridized carbons (Fsp3) is 0.182. The van der Waals surface area contributed by atoms with Crippen molar-refractivity contribution in [3.05, 3.63) is 36.0 Å². The van der Waals surface area contributed by atoms with Crippen molar-refractivity contribution in [1.82, 2.24) is 4.98 Å². The van der Waals surface area contributed by atoms with Crippen LogP contribution < -0.4 is 5.73 Å². The van der Waals surface area contributed by atoms with Crippen molar-refractivity contribution in [2.75, 3.05) is 12.0 Å². The van der Waals surface area contributed by atoms with Gasteiger partial charge in [-0.25, -0.2) is 0 Å². The minimum Gasteiger partial charge on any atom is -0.398 e. The second kappa shape index (κ2) is 3.98. The van der Waals surface area contributed by atoms with E-state index in [0.717, 1.165) is 16.5 Å². The summed E-state index contributed by atoms with van der Waals surface area (Å²) in [6.07, 6.45) is 3.41. The molecule has 78 valence electrons. The molecule has 1 heterocycles. The molecule has 0 saturated carbocycles. The third kappa shape index (κ3) is 1.99. The molecule has 0 aliphatic carbocycles. The molecule has 1 aromatic heterocycles. The van der Waals surface area contributed by atoms with E-state index in [0.29, 0.717) is 11.4 Å². The zero-order valence-electron chi connectivity index (χ0n) is 8.43. The molecule has 4 heteroatoms. The molecule has 0 bridgehead atoms. The van der Waals surface area contributed by atoms with Crippen molar-refractivity contribution in [3.8, 4) is 0 Å². The summed E-state index contributed by atoms with van der Waals surface area (Å²) in [6.45, 7) is 0. The molecule has 15 heavy (non-hydrogen) atoms. The molecule has 0 amide bonds. The molecule has 2 N–H and O–H groups in total. The van der Waals surface area contributed by atoms with Gasteiger partial charge in [0, 0.05) is 34.3 Å². The van der Waals surface area contributed by atoms with E-state index in [4.69, 9.17) is 5.73 Å². The Morgan fingerprint density at radius 2 is 2.20 bits per heavy atom. The van der Waals surface area contributed by atoms with E-state index >= 15 is 0 Å². The van der Waals surface area contributed by atoms with Crippen molar-refractivity contribution in [3.63, 3.8) is 0 Å². The average Bonchev–Trinajstić information content (AvgIpc) is 2.22. The molecule has 0 aliphatic heterocycles. The predicted octanol–water partition coefficient (Wildman–Crippen LogP) is 1.70. The zero-order chi connectivity index (χ0) is 10.8. The standard InChI is InChI=1S/C11H12N2OS/c1-15(14)7-8-4-5-10(12)9-3-2-6-13-11(8)9/h2-6H,7,12H2,1H3. The van der Waals surface area contributed by atoms with E-state index in [1.807, 2.05) is 24.3 Å². The van der Waals surface area contributed by atoms with Crippen LogP contribution in [-0.4, -0.2) is 15.4 Å². The largest absolute Gasteiger partial charge is 0.398 e. The van der Waals surface area contributed by atoms with Gasteiger partial charge in [-0.2, -0.15) is 0 Å². The summed E-state index contributed by atoms with van der Waals surface area (Å²) in [5, 5.41) is 0.931. The highest BCUT2D eigenvalue weighted by Gasteiger charge is 2.05. The Kier molecular flexibility index (Phi) is 2.68. The Balaban J connectivity index is 2.66. The Hall–Kier alpha value is -1.42. The van der Waals surface area contributed by atoms with Crippen molar-refractivity contribution in [1.29, 1.82) is 0 Å². The first-order chi connectivity index (χ1) is 7.18. The SMILES string of the molecule is CS(=O)Cc1ccc(N)c2cccnc12. The third-order valence-electron chi connectivity index (χ3n) is 2.25. The minimum absolute atomic E-state index is 0.522. The molecule has 0 aliphatic rings. The van der Waals surface area contributed by atoms with Crippen molar-refractivity contribution < 1.29 is 4.21 Å². The highest BCUT2D eigenvalue weighted by Crippen LogP contribution is 2.23. The second-order valence-corrected chi connectivity index (χ2v) is 4.87. The summed E-state index contributed by atoms with van der Waals surface area (Å²) >= 11 is 0. The molecule has 1 aromatic carbocycles. The van der Waals surface area contributed by atoms with E-state index < -0.39 is 10.8 Å². The maximum absolute atomic E-state index is 11.2. The summed E-state index contributed by atoms with van der Waals surface area (Å²) in [6, 6.07) is 7.52. The molecule has 0 spiro atoms.